The second-order valence-corrected chi connectivity index (χ2v) is 8.38. The van der Waals surface area contributed by atoms with Gasteiger partial charge in [-0.15, -0.1) is 0 Å². The minimum Gasteiger partial charge on any atom is -0.481 e. The number of aliphatic hydroxyl groups is 1. The zero-order valence-corrected chi connectivity index (χ0v) is 19.3. The van der Waals surface area contributed by atoms with Gasteiger partial charge in [0.25, 0.3) is 0 Å². The Labute approximate surface area is 197 Å². The van der Waals surface area contributed by atoms with Gasteiger partial charge in [0.15, 0.2) is 5.82 Å². The second kappa shape index (κ2) is 10.9. The average Bonchev–Trinajstić information content (AvgIpc) is 2.82. The number of ketones is 1. The van der Waals surface area contributed by atoms with Crippen LogP contribution in [0, 0.1) is 11.7 Å². The molecule has 3 rings (SSSR count). The third-order valence-electron chi connectivity index (χ3n) is 5.42. The summed E-state index contributed by atoms with van der Waals surface area (Å²) in [6.45, 7) is 5.26. The van der Waals surface area contributed by atoms with E-state index in [-0.39, 0.29) is 18.2 Å². The van der Waals surface area contributed by atoms with Crippen LogP contribution in [-0.2, 0) is 9.59 Å². The molecule has 1 heterocycles. The summed E-state index contributed by atoms with van der Waals surface area (Å²) >= 11 is 0. The highest BCUT2D eigenvalue weighted by atomic mass is 19.1. The Morgan fingerprint density at radius 1 is 0.971 bits per heavy atom. The first-order valence-corrected chi connectivity index (χ1v) is 11.0. The van der Waals surface area contributed by atoms with Crippen LogP contribution in [0.15, 0.2) is 60.7 Å². The molecule has 176 valence electrons. The second-order valence-electron chi connectivity index (χ2n) is 8.38. The van der Waals surface area contributed by atoms with E-state index in [0.29, 0.717) is 22.6 Å². The van der Waals surface area contributed by atoms with Crippen LogP contribution in [0.4, 0.5) is 4.39 Å². The summed E-state index contributed by atoms with van der Waals surface area (Å²) in [5.41, 5.74) is 3.43. The maximum atomic E-state index is 13.6. The van der Waals surface area contributed by atoms with E-state index in [1.54, 1.807) is 18.2 Å². The van der Waals surface area contributed by atoms with Gasteiger partial charge in [-0.3, -0.25) is 9.59 Å². The van der Waals surface area contributed by atoms with Gasteiger partial charge in [0, 0.05) is 23.1 Å². The monoisotopic (exact) mass is 462 g/mol. The maximum absolute atomic E-state index is 13.6. The number of aliphatic carboxylic acids is 1. The zero-order valence-electron chi connectivity index (χ0n) is 19.3. The summed E-state index contributed by atoms with van der Waals surface area (Å²) < 4.78 is 13.6. The molecule has 0 fully saturated rings. The number of Topliss-reactive ketones (excluding diaryl/α,β-unsaturated/α-hetero) is 1. The molecular formula is C27H27FN2O4. The van der Waals surface area contributed by atoms with Crippen molar-refractivity contribution in [2.75, 3.05) is 0 Å². The highest BCUT2D eigenvalue weighted by Crippen LogP contribution is 2.32. The maximum Gasteiger partial charge on any atom is 0.313 e. The van der Waals surface area contributed by atoms with Crippen LogP contribution >= 0.6 is 0 Å². The number of aliphatic hydroxyl groups excluding tert-OH is 1. The van der Waals surface area contributed by atoms with Gasteiger partial charge in [-0.05, 0) is 37.1 Å². The van der Waals surface area contributed by atoms with Crippen molar-refractivity contribution in [3.8, 4) is 22.6 Å². The Bertz CT molecular complexity index is 1190. The fourth-order valence-corrected chi connectivity index (χ4v) is 3.43. The normalized spacial score (nSPS) is 13.2. The van der Waals surface area contributed by atoms with E-state index in [2.05, 4.69) is 0 Å². The number of carboxylic acids is 1. The van der Waals surface area contributed by atoms with E-state index < -0.39 is 23.8 Å². The Hall–Kier alpha value is -3.71. The lowest BCUT2D eigenvalue weighted by molar-refractivity contribution is -0.145. The third-order valence-corrected chi connectivity index (χ3v) is 5.42. The SMILES string of the molecule is CC(C(=O)O)C(=O)CC(O)C=Cc1c(-c2ccc(F)cc2)nc(-c2ccccc2)nc1C(C)C. The smallest absolute Gasteiger partial charge is 0.313 e. The van der Waals surface area contributed by atoms with Crippen molar-refractivity contribution in [3.63, 3.8) is 0 Å². The number of carbonyl (C=O) groups is 2. The lowest BCUT2D eigenvalue weighted by atomic mass is 9.96. The number of benzene rings is 2. The van der Waals surface area contributed by atoms with Crippen LogP contribution in [0.3, 0.4) is 0 Å². The van der Waals surface area contributed by atoms with Crippen LogP contribution in [0.5, 0.6) is 0 Å². The summed E-state index contributed by atoms with van der Waals surface area (Å²) in [5.74, 6) is -2.85. The molecule has 2 unspecified atom stereocenters. The first kappa shape index (κ1) is 24.9. The van der Waals surface area contributed by atoms with Crippen molar-refractivity contribution in [1.29, 1.82) is 0 Å². The van der Waals surface area contributed by atoms with Gasteiger partial charge in [0.1, 0.15) is 17.5 Å². The summed E-state index contributed by atoms with van der Waals surface area (Å²) in [5, 5.41) is 19.4. The highest BCUT2D eigenvalue weighted by Gasteiger charge is 2.23. The van der Waals surface area contributed by atoms with Crippen molar-refractivity contribution >= 4 is 17.8 Å². The Morgan fingerprint density at radius 3 is 2.21 bits per heavy atom. The summed E-state index contributed by atoms with van der Waals surface area (Å²) in [4.78, 5) is 32.6. The van der Waals surface area contributed by atoms with Crippen molar-refractivity contribution in [2.24, 2.45) is 5.92 Å². The molecule has 2 atom stereocenters. The fraction of sp³-hybridized carbons (Fsp3) is 0.259. The van der Waals surface area contributed by atoms with Gasteiger partial charge in [-0.25, -0.2) is 14.4 Å². The quantitative estimate of drug-likeness (QED) is 0.428. The summed E-state index contributed by atoms with van der Waals surface area (Å²) in [7, 11) is 0. The molecule has 6 nitrogen and oxygen atoms in total. The van der Waals surface area contributed by atoms with Crippen molar-refractivity contribution in [2.45, 2.75) is 39.2 Å². The highest BCUT2D eigenvalue weighted by molar-refractivity contribution is 5.98. The topological polar surface area (TPSA) is 100 Å². The van der Waals surface area contributed by atoms with Gasteiger partial charge >= 0.3 is 5.97 Å². The molecule has 0 radical (unpaired) electrons. The van der Waals surface area contributed by atoms with Crippen LogP contribution < -0.4 is 0 Å². The van der Waals surface area contributed by atoms with Crippen LogP contribution in [0.2, 0.25) is 0 Å². The number of nitrogens with zero attached hydrogens (tertiary/aromatic N) is 2. The summed E-state index contributed by atoms with van der Waals surface area (Å²) in [6.07, 6.45) is 1.58. The fourth-order valence-electron chi connectivity index (χ4n) is 3.43. The summed E-state index contributed by atoms with van der Waals surface area (Å²) in [6, 6.07) is 15.5. The largest absolute Gasteiger partial charge is 0.481 e. The Balaban J connectivity index is 2.09. The molecule has 0 amide bonds. The van der Waals surface area contributed by atoms with Crippen LogP contribution in [0.1, 0.15) is 44.4 Å². The number of halogens is 1. The number of rotatable bonds is 9. The van der Waals surface area contributed by atoms with E-state index in [1.165, 1.54) is 25.1 Å². The molecule has 0 aliphatic carbocycles. The Morgan fingerprint density at radius 2 is 1.62 bits per heavy atom. The van der Waals surface area contributed by atoms with Gasteiger partial charge in [-0.2, -0.15) is 0 Å². The van der Waals surface area contributed by atoms with E-state index >= 15 is 0 Å². The van der Waals surface area contributed by atoms with Gasteiger partial charge in [0.05, 0.1) is 17.5 Å². The lowest BCUT2D eigenvalue weighted by Crippen LogP contribution is -2.24. The average molecular weight is 463 g/mol. The number of hydrogen-bond acceptors (Lipinski definition) is 5. The molecule has 0 aliphatic heterocycles. The minimum absolute atomic E-state index is 0.00452. The number of aromatic nitrogens is 2. The number of carbonyl (C=O) groups excluding carboxylic acids is 1. The molecule has 0 spiro atoms. The molecule has 0 bridgehead atoms. The van der Waals surface area contributed by atoms with Gasteiger partial charge in [-0.1, -0.05) is 56.3 Å². The molecule has 0 saturated heterocycles. The lowest BCUT2D eigenvalue weighted by Gasteiger charge is -2.16. The predicted octanol–water partition coefficient (Wildman–Crippen LogP) is 5.13. The van der Waals surface area contributed by atoms with Crippen LogP contribution in [0.25, 0.3) is 28.7 Å². The van der Waals surface area contributed by atoms with Crippen molar-refractivity contribution in [1.82, 2.24) is 9.97 Å². The van der Waals surface area contributed by atoms with Crippen molar-refractivity contribution in [3.05, 3.63) is 77.7 Å². The number of hydrogen-bond donors (Lipinski definition) is 2. The molecule has 2 N–H and O–H groups in total. The predicted molar refractivity (Wildman–Crippen MR) is 128 cm³/mol. The number of carboxylic acid groups (broad SMARTS) is 1. The van der Waals surface area contributed by atoms with E-state index in [4.69, 9.17) is 15.1 Å². The molecule has 34 heavy (non-hydrogen) atoms. The van der Waals surface area contributed by atoms with E-state index in [1.807, 2.05) is 44.2 Å². The molecule has 3 aromatic rings. The Kier molecular flexibility index (Phi) is 8.02. The molecule has 2 aromatic carbocycles. The van der Waals surface area contributed by atoms with E-state index in [0.717, 1.165) is 11.3 Å². The molecule has 0 aliphatic rings. The zero-order chi connectivity index (χ0) is 24.8. The third kappa shape index (κ3) is 5.99. The molecule has 1 aromatic heterocycles. The molecule has 7 heteroatoms. The van der Waals surface area contributed by atoms with Gasteiger partial charge in [0.2, 0.25) is 0 Å². The van der Waals surface area contributed by atoms with Crippen molar-refractivity contribution < 1.29 is 24.2 Å². The van der Waals surface area contributed by atoms with Crippen LogP contribution in [-0.4, -0.2) is 38.0 Å². The first-order valence-electron chi connectivity index (χ1n) is 11.0. The van der Waals surface area contributed by atoms with E-state index in [9.17, 15) is 19.1 Å². The minimum atomic E-state index is -1.23. The first-order chi connectivity index (χ1) is 16.2. The standard InChI is InChI=1S/C27H27FN2O4/c1-16(2)24-22(14-13-21(31)15-23(32)17(3)27(33)34)25(18-9-11-20(28)12-10-18)30-26(29-24)19-7-5-4-6-8-19/h4-14,16-17,21,31H,15H2,1-3H3,(H,33,34). The molecule has 0 saturated carbocycles. The van der Waals surface area contributed by atoms with Gasteiger partial charge < -0.3 is 10.2 Å². The molecular weight excluding hydrogens is 435 g/mol.